The van der Waals surface area contributed by atoms with Crippen LogP contribution in [-0.4, -0.2) is 25.0 Å². The van der Waals surface area contributed by atoms with E-state index in [0.29, 0.717) is 12.6 Å². The van der Waals surface area contributed by atoms with Crippen LogP contribution in [0, 0.1) is 0 Å². The van der Waals surface area contributed by atoms with Crippen LogP contribution in [0.15, 0.2) is 47.8 Å². The molecule has 132 valence electrons. The molecule has 1 aromatic carbocycles. The molecule has 1 aromatic heterocycles. The van der Waals surface area contributed by atoms with E-state index in [1.807, 2.05) is 37.3 Å². The Balaban J connectivity index is 1.88. The number of thiophene rings is 1. The number of hydrogen-bond acceptors (Lipinski definition) is 3. The van der Waals surface area contributed by atoms with Crippen LogP contribution in [0.1, 0.15) is 42.3 Å². The number of quaternary nitrogens is 1. The van der Waals surface area contributed by atoms with Gasteiger partial charge in [-0.05, 0) is 18.4 Å². The number of carbonyl (C=O) groups is 2. The van der Waals surface area contributed by atoms with Gasteiger partial charge in [-0.2, -0.15) is 0 Å². The lowest BCUT2D eigenvalue weighted by atomic mass is 10.0. The Hall–Kier alpha value is -2.18. The van der Waals surface area contributed by atoms with Gasteiger partial charge in [-0.1, -0.05) is 36.4 Å². The molecule has 3 N–H and O–H groups in total. The van der Waals surface area contributed by atoms with Crippen LogP contribution in [-0.2, 0) is 4.79 Å². The number of urea groups is 1. The predicted octanol–water partition coefficient (Wildman–Crippen LogP) is 2.05. The fourth-order valence-electron chi connectivity index (χ4n) is 3.60. The molecule has 3 rings (SSSR count). The molecule has 3 atom stereocenters. The summed E-state index contributed by atoms with van der Waals surface area (Å²) in [5.74, 6) is -0.240. The summed E-state index contributed by atoms with van der Waals surface area (Å²) in [6.45, 7) is 3.24. The molecule has 0 radical (unpaired) electrons. The van der Waals surface area contributed by atoms with Gasteiger partial charge in [0.15, 0.2) is 6.04 Å². The molecule has 0 bridgehead atoms. The molecule has 0 saturated carbocycles. The SMILES string of the molecule is CCNC(=O)NC(=O)[C@@H](c1ccccc1)[NH+]1CCC[C@@H]1c1cccs1. The molecule has 2 aromatic rings. The van der Waals surface area contributed by atoms with E-state index >= 15 is 0 Å². The van der Waals surface area contributed by atoms with Gasteiger partial charge < -0.3 is 10.2 Å². The first-order valence-corrected chi connectivity index (χ1v) is 9.61. The van der Waals surface area contributed by atoms with E-state index in [1.165, 1.54) is 9.78 Å². The van der Waals surface area contributed by atoms with Crippen LogP contribution in [0.3, 0.4) is 0 Å². The lowest BCUT2D eigenvalue weighted by Gasteiger charge is -2.29. The summed E-state index contributed by atoms with van der Waals surface area (Å²) in [6.07, 6.45) is 2.14. The van der Waals surface area contributed by atoms with E-state index in [2.05, 4.69) is 28.1 Å². The topological polar surface area (TPSA) is 62.6 Å². The van der Waals surface area contributed by atoms with E-state index in [9.17, 15) is 9.59 Å². The average Bonchev–Trinajstić information content (AvgIpc) is 3.27. The molecule has 0 spiro atoms. The molecule has 1 unspecified atom stereocenters. The average molecular weight is 358 g/mol. The van der Waals surface area contributed by atoms with Crippen molar-refractivity contribution in [3.8, 4) is 0 Å². The first-order valence-electron chi connectivity index (χ1n) is 8.73. The van der Waals surface area contributed by atoms with Crippen molar-refractivity contribution in [2.45, 2.75) is 31.8 Å². The van der Waals surface area contributed by atoms with Gasteiger partial charge in [0.25, 0.3) is 5.91 Å². The Kier molecular flexibility index (Phi) is 5.83. The third-order valence-corrected chi connectivity index (χ3v) is 5.62. The highest BCUT2D eigenvalue weighted by Crippen LogP contribution is 2.26. The normalized spacial score (nSPS) is 20.8. The molecule has 6 heteroatoms. The molecular formula is C19H24N3O2S+. The Morgan fingerprint density at radius 2 is 2.04 bits per heavy atom. The van der Waals surface area contributed by atoms with Crippen molar-refractivity contribution in [1.82, 2.24) is 10.6 Å². The van der Waals surface area contributed by atoms with Crippen molar-refractivity contribution in [2.24, 2.45) is 0 Å². The Morgan fingerprint density at radius 1 is 1.24 bits per heavy atom. The lowest BCUT2D eigenvalue weighted by Crippen LogP contribution is -3.11. The second kappa shape index (κ2) is 8.27. The van der Waals surface area contributed by atoms with Crippen LogP contribution < -0.4 is 15.5 Å². The summed E-state index contributed by atoms with van der Waals surface area (Å²) < 4.78 is 0. The quantitative estimate of drug-likeness (QED) is 0.766. The van der Waals surface area contributed by atoms with Crippen molar-refractivity contribution in [1.29, 1.82) is 0 Å². The van der Waals surface area contributed by atoms with Gasteiger partial charge in [-0.25, -0.2) is 4.79 Å². The minimum atomic E-state index is -0.431. The van der Waals surface area contributed by atoms with Gasteiger partial charge in [0.05, 0.1) is 11.4 Å². The second-order valence-electron chi connectivity index (χ2n) is 6.23. The first kappa shape index (κ1) is 17.6. The Bertz CT molecular complexity index is 703. The van der Waals surface area contributed by atoms with Crippen molar-refractivity contribution in [3.05, 3.63) is 58.3 Å². The second-order valence-corrected chi connectivity index (χ2v) is 7.21. The molecule has 5 nitrogen and oxygen atoms in total. The standard InChI is InChI=1S/C19H23N3O2S/c1-2-20-19(24)21-18(23)17(14-8-4-3-5-9-14)22-12-6-10-15(22)16-11-7-13-25-16/h3-5,7-9,11,13,15,17H,2,6,10,12H2,1H3,(H2,20,21,23,24)/p+1/t15-,17-/m1/s1. The van der Waals surface area contributed by atoms with E-state index in [-0.39, 0.29) is 5.91 Å². The predicted molar refractivity (Wildman–Crippen MR) is 98.5 cm³/mol. The highest BCUT2D eigenvalue weighted by molar-refractivity contribution is 7.10. The zero-order valence-electron chi connectivity index (χ0n) is 14.3. The molecule has 0 aliphatic carbocycles. The van der Waals surface area contributed by atoms with E-state index < -0.39 is 12.1 Å². The molecule has 3 amide bonds. The number of likely N-dealkylation sites (tertiary alicyclic amines) is 1. The summed E-state index contributed by atoms with van der Waals surface area (Å²) in [5, 5.41) is 7.23. The largest absolute Gasteiger partial charge is 0.338 e. The van der Waals surface area contributed by atoms with Crippen LogP contribution in [0.4, 0.5) is 4.79 Å². The molecule has 2 heterocycles. The first-order chi connectivity index (χ1) is 12.2. The van der Waals surface area contributed by atoms with Gasteiger partial charge in [0.2, 0.25) is 0 Å². The fraction of sp³-hybridized carbons (Fsp3) is 0.368. The van der Waals surface area contributed by atoms with Crippen LogP contribution in [0.2, 0.25) is 0 Å². The number of rotatable bonds is 5. The molecule has 1 fully saturated rings. The van der Waals surface area contributed by atoms with E-state index in [0.717, 1.165) is 24.9 Å². The number of nitrogens with one attached hydrogen (secondary N) is 3. The number of amides is 3. The van der Waals surface area contributed by atoms with Crippen molar-refractivity contribution in [3.63, 3.8) is 0 Å². The highest BCUT2D eigenvalue weighted by Gasteiger charge is 2.41. The number of hydrogen-bond donors (Lipinski definition) is 3. The Morgan fingerprint density at radius 3 is 2.72 bits per heavy atom. The third-order valence-electron chi connectivity index (χ3n) is 4.63. The van der Waals surface area contributed by atoms with Gasteiger partial charge in [-0.15, -0.1) is 11.3 Å². The third kappa shape index (κ3) is 4.08. The maximum absolute atomic E-state index is 12.9. The summed E-state index contributed by atoms with van der Waals surface area (Å²) in [4.78, 5) is 27.3. The van der Waals surface area contributed by atoms with Crippen LogP contribution >= 0.6 is 11.3 Å². The minimum Gasteiger partial charge on any atom is -0.338 e. The summed E-state index contributed by atoms with van der Waals surface area (Å²) in [6, 6.07) is 13.4. The maximum atomic E-state index is 12.9. The number of benzene rings is 1. The van der Waals surface area contributed by atoms with Crippen molar-refractivity contribution in [2.75, 3.05) is 13.1 Å². The molecule has 1 saturated heterocycles. The van der Waals surface area contributed by atoms with Gasteiger partial charge in [0.1, 0.15) is 6.04 Å². The van der Waals surface area contributed by atoms with Crippen LogP contribution in [0.25, 0.3) is 0 Å². The molecular weight excluding hydrogens is 334 g/mol. The highest BCUT2D eigenvalue weighted by atomic mass is 32.1. The minimum absolute atomic E-state index is 0.240. The lowest BCUT2D eigenvalue weighted by molar-refractivity contribution is -0.939. The van der Waals surface area contributed by atoms with E-state index in [4.69, 9.17) is 0 Å². The molecule has 1 aliphatic rings. The number of carbonyl (C=O) groups excluding carboxylic acids is 2. The summed E-state index contributed by atoms with van der Waals surface area (Å²) in [5.41, 5.74) is 0.947. The molecule has 1 aliphatic heterocycles. The van der Waals surface area contributed by atoms with Gasteiger partial charge in [-0.3, -0.25) is 10.1 Å². The summed E-state index contributed by atoms with van der Waals surface area (Å²) >= 11 is 1.74. The van der Waals surface area contributed by atoms with Crippen molar-refractivity contribution < 1.29 is 14.5 Å². The van der Waals surface area contributed by atoms with Gasteiger partial charge >= 0.3 is 6.03 Å². The van der Waals surface area contributed by atoms with E-state index in [1.54, 1.807) is 11.3 Å². The Labute approximate surface area is 152 Å². The smallest absolute Gasteiger partial charge is 0.321 e. The zero-order valence-corrected chi connectivity index (χ0v) is 15.1. The monoisotopic (exact) mass is 358 g/mol. The molecule has 25 heavy (non-hydrogen) atoms. The maximum Gasteiger partial charge on any atom is 0.321 e. The zero-order chi connectivity index (χ0) is 17.6. The fourth-order valence-corrected chi connectivity index (χ4v) is 4.50. The van der Waals surface area contributed by atoms with Crippen molar-refractivity contribution >= 4 is 23.3 Å². The van der Waals surface area contributed by atoms with Crippen LogP contribution in [0.5, 0.6) is 0 Å². The number of imide groups is 1. The summed E-state index contributed by atoms with van der Waals surface area (Å²) in [7, 11) is 0. The van der Waals surface area contributed by atoms with Gasteiger partial charge in [0, 0.05) is 24.9 Å².